The Morgan fingerprint density at radius 2 is 0.757 bits per heavy atom. The van der Waals surface area contributed by atoms with Gasteiger partial charge in [-0.2, -0.15) is 0 Å². The van der Waals surface area contributed by atoms with Gasteiger partial charge in [-0.05, 0) is 49.8 Å². The van der Waals surface area contributed by atoms with Crippen molar-refractivity contribution in [1.82, 2.24) is 0 Å². The molecular weight excluding hydrogens is 456 g/mol. The number of hydrogen-bond donors (Lipinski definition) is 0. The second kappa shape index (κ2) is 24.9. The van der Waals surface area contributed by atoms with E-state index in [4.69, 9.17) is 14.2 Å². The lowest BCUT2D eigenvalue weighted by Crippen LogP contribution is -2.07. The fourth-order valence-corrected chi connectivity index (χ4v) is 4.70. The highest BCUT2D eigenvalue weighted by Crippen LogP contribution is 2.40. The van der Waals surface area contributed by atoms with E-state index in [0.717, 1.165) is 62.8 Å². The van der Waals surface area contributed by atoms with E-state index >= 15 is 0 Å². The lowest BCUT2D eigenvalue weighted by molar-refractivity contribution is 0.234. The standard InChI is InChI=1S/C34H62O3/c1-5-9-13-16-19-22-26-35-32-29-31(25-12-8-4)30-33(36-27-23-20-17-14-10-6-2)34(32)37-28-24-21-18-15-11-7-3/h29-30H,5-28H2,1-4H3. The molecule has 216 valence electrons. The Morgan fingerprint density at radius 3 is 1.16 bits per heavy atom. The fraction of sp³-hybridized carbons (Fsp3) is 0.824. The van der Waals surface area contributed by atoms with Crippen molar-refractivity contribution < 1.29 is 14.2 Å². The Morgan fingerprint density at radius 1 is 0.405 bits per heavy atom. The Hall–Kier alpha value is -1.38. The second-order valence-corrected chi connectivity index (χ2v) is 10.9. The van der Waals surface area contributed by atoms with E-state index in [1.807, 2.05) is 0 Å². The molecule has 37 heavy (non-hydrogen) atoms. The minimum absolute atomic E-state index is 0.737. The van der Waals surface area contributed by atoms with E-state index < -0.39 is 0 Å². The fourth-order valence-electron chi connectivity index (χ4n) is 4.70. The van der Waals surface area contributed by atoms with Crippen LogP contribution >= 0.6 is 0 Å². The highest BCUT2D eigenvalue weighted by Gasteiger charge is 2.16. The van der Waals surface area contributed by atoms with Gasteiger partial charge in [0, 0.05) is 0 Å². The highest BCUT2D eigenvalue weighted by molar-refractivity contribution is 5.54. The summed E-state index contributed by atoms with van der Waals surface area (Å²) in [5, 5.41) is 0. The summed E-state index contributed by atoms with van der Waals surface area (Å²) in [5.41, 5.74) is 1.31. The van der Waals surface area contributed by atoms with Gasteiger partial charge in [-0.15, -0.1) is 0 Å². The van der Waals surface area contributed by atoms with Gasteiger partial charge in [0.1, 0.15) is 0 Å². The number of hydrogen-bond acceptors (Lipinski definition) is 3. The van der Waals surface area contributed by atoms with Crippen LogP contribution in [0.3, 0.4) is 0 Å². The summed E-state index contributed by atoms with van der Waals surface area (Å²) < 4.78 is 19.2. The third-order valence-electron chi connectivity index (χ3n) is 7.15. The molecule has 0 heterocycles. The van der Waals surface area contributed by atoms with Crippen LogP contribution in [0.25, 0.3) is 0 Å². The first-order valence-corrected chi connectivity index (χ1v) is 16.3. The number of aryl methyl sites for hydroxylation is 1. The van der Waals surface area contributed by atoms with Crippen LogP contribution in [0, 0.1) is 0 Å². The molecule has 0 unspecified atom stereocenters. The van der Waals surface area contributed by atoms with Gasteiger partial charge in [-0.3, -0.25) is 0 Å². The molecule has 0 aliphatic heterocycles. The molecule has 3 heteroatoms. The molecule has 0 aromatic heterocycles. The normalized spacial score (nSPS) is 11.1. The van der Waals surface area contributed by atoms with Crippen molar-refractivity contribution in [1.29, 1.82) is 0 Å². The molecule has 0 aliphatic carbocycles. The second-order valence-electron chi connectivity index (χ2n) is 10.9. The van der Waals surface area contributed by atoms with Crippen molar-refractivity contribution in [3.8, 4) is 17.2 Å². The van der Waals surface area contributed by atoms with Crippen molar-refractivity contribution in [3.05, 3.63) is 17.7 Å². The van der Waals surface area contributed by atoms with E-state index in [0.29, 0.717) is 0 Å². The van der Waals surface area contributed by atoms with Gasteiger partial charge in [0.15, 0.2) is 11.5 Å². The lowest BCUT2D eigenvalue weighted by atomic mass is 10.1. The van der Waals surface area contributed by atoms with Crippen molar-refractivity contribution in [2.75, 3.05) is 19.8 Å². The topological polar surface area (TPSA) is 27.7 Å². The number of rotatable bonds is 27. The summed E-state index contributed by atoms with van der Waals surface area (Å²) in [4.78, 5) is 0. The first-order valence-electron chi connectivity index (χ1n) is 16.3. The zero-order valence-electron chi connectivity index (χ0n) is 25.4. The molecular formula is C34H62O3. The zero-order chi connectivity index (χ0) is 26.8. The van der Waals surface area contributed by atoms with Crippen LogP contribution in [-0.4, -0.2) is 19.8 Å². The van der Waals surface area contributed by atoms with Gasteiger partial charge in [0.2, 0.25) is 5.75 Å². The van der Waals surface area contributed by atoms with E-state index in [1.54, 1.807) is 0 Å². The average Bonchev–Trinajstić information content (AvgIpc) is 2.91. The van der Waals surface area contributed by atoms with Gasteiger partial charge in [0.25, 0.3) is 0 Å². The molecule has 0 radical (unpaired) electrons. The molecule has 0 amide bonds. The summed E-state index contributed by atoms with van der Waals surface area (Å²) in [6, 6.07) is 4.45. The Labute approximate surface area is 231 Å². The molecule has 1 aromatic carbocycles. The molecule has 0 aliphatic rings. The Kier molecular flexibility index (Phi) is 22.7. The van der Waals surface area contributed by atoms with Gasteiger partial charge in [-0.1, -0.05) is 130 Å². The summed E-state index contributed by atoms with van der Waals surface area (Å²) in [6.45, 7) is 11.3. The third kappa shape index (κ3) is 17.7. The maximum Gasteiger partial charge on any atom is 0.203 e. The molecule has 0 atom stereocenters. The maximum atomic E-state index is 6.40. The first kappa shape index (κ1) is 33.6. The van der Waals surface area contributed by atoms with E-state index in [1.165, 1.54) is 115 Å². The molecule has 0 fully saturated rings. The first-order chi connectivity index (χ1) is 18.3. The molecule has 0 spiro atoms. The molecule has 0 saturated carbocycles. The van der Waals surface area contributed by atoms with Crippen LogP contribution in [0.5, 0.6) is 17.2 Å². The summed E-state index contributed by atoms with van der Waals surface area (Å²) in [6.07, 6.45) is 26.3. The monoisotopic (exact) mass is 518 g/mol. The number of unbranched alkanes of at least 4 members (excludes halogenated alkanes) is 16. The van der Waals surface area contributed by atoms with Gasteiger partial charge in [-0.25, -0.2) is 0 Å². The van der Waals surface area contributed by atoms with Gasteiger partial charge in [0.05, 0.1) is 19.8 Å². The molecule has 1 rings (SSSR count). The maximum absolute atomic E-state index is 6.40. The van der Waals surface area contributed by atoms with E-state index in [2.05, 4.69) is 39.8 Å². The summed E-state index contributed by atoms with van der Waals surface area (Å²) in [7, 11) is 0. The quantitative estimate of drug-likeness (QED) is 0.108. The zero-order valence-corrected chi connectivity index (χ0v) is 25.4. The number of ether oxygens (including phenoxy) is 3. The van der Waals surface area contributed by atoms with E-state index in [9.17, 15) is 0 Å². The predicted octanol–water partition coefficient (Wildman–Crippen LogP) is 11.2. The molecule has 0 bridgehead atoms. The minimum atomic E-state index is 0.737. The SMILES string of the molecule is CCCCCCCCOc1cc(CCCC)cc(OCCCCCCCC)c1OCCCCCCCC. The Balaban J connectivity index is 2.80. The van der Waals surface area contributed by atoms with Crippen LogP contribution in [0.4, 0.5) is 0 Å². The molecule has 3 nitrogen and oxygen atoms in total. The van der Waals surface area contributed by atoms with Crippen LogP contribution in [0.1, 0.15) is 162 Å². The van der Waals surface area contributed by atoms with Crippen LogP contribution in [-0.2, 0) is 6.42 Å². The smallest absolute Gasteiger partial charge is 0.203 e. The largest absolute Gasteiger partial charge is 0.490 e. The molecule has 0 saturated heterocycles. The molecule has 0 N–H and O–H groups in total. The Bertz CT molecular complexity index is 588. The van der Waals surface area contributed by atoms with Crippen LogP contribution < -0.4 is 14.2 Å². The van der Waals surface area contributed by atoms with Crippen molar-refractivity contribution in [3.63, 3.8) is 0 Å². The lowest BCUT2D eigenvalue weighted by Gasteiger charge is -2.19. The van der Waals surface area contributed by atoms with Gasteiger partial charge >= 0.3 is 0 Å². The van der Waals surface area contributed by atoms with Gasteiger partial charge < -0.3 is 14.2 Å². The summed E-state index contributed by atoms with van der Waals surface area (Å²) in [5.74, 6) is 2.63. The molecule has 1 aromatic rings. The van der Waals surface area contributed by atoms with Crippen LogP contribution in [0.15, 0.2) is 12.1 Å². The predicted molar refractivity (Wildman–Crippen MR) is 162 cm³/mol. The van der Waals surface area contributed by atoms with Crippen molar-refractivity contribution in [2.24, 2.45) is 0 Å². The van der Waals surface area contributed by atoms with E-state index in [-0.39, 0.29) is 0 Å². The average molecular weight is 519 g/mol. The van der Waals surface area contributed by atoms with Crippen molar-refractivity contribution in [2.45, 2.75) is 163 Å². The third-order valence-corrected chi connectivity index (χ3v) is 7.15. The highest BCUT2D eigenvalue weighted by atomic mass is 16.5. The summed E-state index contributed by atoms with van der Waals surface area (Å²) >= 11 is 0. The minimum Gasteiger partial charge on any atom is -0.490 e. The van der Waals surface area contributed by atoms with Crippen molar-refractivity contribution >= 4 is 0 Å². The van der Waals surface area contributed by atoms with Crippen LogP contribution in [0.2, 0.25) is 0 Å². The number of benzene rings is 1.